The summed E-state index contributed by atoms with van der Waals surface area (Å²) in [5.74, 6) is 0.701. The van der Waals surface area contributed by atoms with E-state index in [4.69, 9.17) is 15.7 Å². The van der Waals surface area contributed by atoms with Crippen molar-refractivity contribution in [2.45, 2.75) is 18.9 Å². The third-order valence-electron chi connectivity index (χ3n) is 3.24. The van der Waals surface area contributed by atoms with E-state index >= 15 is 0 Å². The molecule has 1 aliphatic heterocycles. The second kappa shape index (κ2) is 6.21. The lowest BCUT2D eigenvalue weighted by molar-refractivity contribution is -0.131. The van der Waals surface area contributed by atoms with Crippen LogP contribution in [-0.4, -0.2) is 36.5 Å². The predicted molar refractivity (Wildman–Crippen MR) is 70.4 cm³/mol. The van der Waals surface area contributed by atoms with Crippen LogP contribution in [0.4, 0.5) is 0 Å². The Morgan fingerprint density at radius 3 is 2.84 bits per heavy atom. The van der Waals surface area contributed by atoms with Gasteiger partial charge in [0, 0.05) is 25.9 Å². The molecule has 19 heavy (non-hydrogen) atoms. The minimum absolute atomic E-state index is 0.00933. The maximum Gasteiger partial charge on any atom is 0.236 e. The zero-order valence-corrected chi connectivity index (χ0v) is 10.7. The van der Waals surface area contributed by atoms with E-state index in [1.165, 1.54) is 0 Å². The summed E-state index contributed by atoms with van der Waals surface area (Å²) >= 11 is 0. The molecule has 5 heteroatoms. The first kappa shape index (κ1) is 13.4. The van der Waals surface area contributed by atoms with Gasteiger partial charge < -0.3 is 15.4 Å². The number of ether oxygens (including phenoxy) is 1. The number of nitriles is 1. The molecule has 0 bridgehead atoms. The monoisotopic (exact) mass is 259 g/mol. The van der Waals surface area contributed by atoms with Gasteiger partial charge in [-0.1, -0.05) is 6.07 Å². The van der Waals surface area contributed by atoms with Gasteiger partial charge in [0.1, 0.15) is 11.9 Å². The fourth-order valence-electron chi connectivity index (χ4n) is 2.18. The summed E-state index contributed by atoms with van der Waals surface area (Å²) in [4.78, 5) is 13.2. The molecule has 0 spiro atoms. The molecule has 1 aliphatic rings. The van der Waals surface area contributed by atoms with Gasteiger partial charge in [-0.3, -0.25) is 4.79 Å². The maximum atomic E-state index is 11.4. The molecule has 100 valence electrons. The molecular formula is C14H17N3O2. The standard InChI is InChI=1S/C14H17N3O2/c15-9-11-2-1-3-13(8-11)19-12-4-6-17(7-5-12)14(18)10-16/h1-3,8,12H,4-7,10,16H2. The van der Waals surface area contributed by atoms with Crippen LogP contribution in [0.3, 0.4) is 0 Å². The van der Waals surface area contributed by atoms with Crippen LogP contribution in [0.2, 0.25) is 0 Å². The van der Waals surface area contributed by atoms with Crippen LogP contribution in [0.1, 0.15) is 18.4 Å². The van der Waals surface area contributed by atoms with E-state index < -0.39 is 0 Å². The maximum absolute atomic E-state index is 11.4. The number of hydrogen-bond donors (Lipinski definition) is 1. The SMILES string of the molecule is N#Cc1cccc(OC2CCN(C(=O)CN)CC2)c1. The number of rotatable bonds is 3. The lowest BCUT2D eigenvalue weighted by Crippen LogP contribution is -2.44. The summed E-state index contributed by atoms with van der Waals surface area (Å²) < 4.78 is 5.84. The van der Waals surface area contributed by atoms with Crippen LogP contribution in [0, 0.1) is 11.3 Å². The summed E-state index contributed by atoms with van der Waals surface area (Å²) in [7, 11) is 0. The van der Waals surface area contributed by atoms with Crippen molar-refractivity contribution in [3.63, 3.8) is 0 Å². The number of hydrogen-bond acceptors (Lipinski definition) is 4. The van der Waals surface area contributed by atoms with Crippen molar-refractivity contribution < 1.29 is 9.53 Å². The molecule has 1 aromatic rings. The normalized spacial score (nSPS) is 15.9. The van der Waals surface area contributed by atoms with Gasteiger partial charge in [0.05, 0.1) is 18.2 Å². The highest BCUT2D eigenvalue weighted by Crippen LogP contribution is 2.19. The third-order valence-corrected chi connectivity index (χ3v) is 3.24. The van der Waals surface area contributed by atoms with Gasteiger partial charge in [0.25, 0.3) is 0 Å². The average molecular weight is 259 g/mol. The van der Waals surface area contributed by atoms with Crippen LogP contribution in [0.25, 0.3) is 0 Å². The Labute approximate surface area is 112 Å². The second-order valence-corrected chi connectivity index (χ2v) is 4.54. The van der Waals surface area contributed by atoms with Crippen molar-refractivity contribution in [1.29, 1.82) is 5.26 Å². The first-order chi connectivity index (χ1) is 9.22. The van der Waals surface area contributed by atoms with E-state index in [2.05, 4.69) is 6.07 Å². The van der Waals surface area contributed by atoms with Gasteiger partial charge in [-0.15, -0.1) is 0 Å². The van der Waals surface area contributed by atoms with Crippen LogP contribution in [0.5, 0.6) is 5.75 Å². The number of likely N-dealkylation sites (tertiary alicyclic amines) is 1. The predicted octanol–water partition coefficient (Wildman–Crippen LogP) is 0.887. The molecule has 0 unspecified atom stereocenters. The Kier molecular flexibility index (Phi) is 4.37. The third kappa shape index (κ3) is 3.46. The number of piperidine rings is 1. The number of nitrogens with two attached hydrogens (primary N) is 1. The van der Waals surface area contributed by atoms with Gasteiger partial charge in [-0.25, -0.2) is 0 Å². The molecule has 0 aliphatic carbocycles. The number of carbonyl (C=O) groups is 1. The minimum atomic E-state index is -0.00933. The quantitative estimate of drug-likeness (QED) is 0.874. The first-order valence-corrected chi connectivity index (χ1v) is 6.37. The Hall–Kier alpha value is -2.06. The van der Waals surface area contributed by atoms with Crippen molar-refractivity contribution in [1.82, 2.24) is 4.90 Å². The van der Waals surface area contributed by atoms with Crippen LogP contribution >= 0.6 is 0 Å². The summed E-state index contributed by atoms with van der Waals surface area (Å²) in [6.07, 6.45) is 1.68. The molecule has 1 fully saturated rings. The number of benzene rings is 1. The van der Waals surface area contributed by atoms with E-state index in [0.717, 1.165) is 12.8 Å². The molecule has 0 aromatic heterocycles. The molecular weight excluding hydrogens is 242 g/mol. The van der Waals surface area contributed by atoms with Gasteiger partial charge in [-0.2, -0.15) is 5.26 Å². The summed E-state index contributed by atoms with van der Waals surface area (Å²) in [5.41, 5.74) is 5.93. The number of nitrogens with zero attached hydrogens (tertiary/aromatic N) is 2. The van der Waals surface area contributed by atoms with Crippen LogP contribution in [-0.2, 0) is 4.79 Å². The summed E-state index contributed by atoms with van der Waals surface area (Å²) in [5, 5.41) is 8.83. The van der Waals surface area contributed by atoms with E-state index in [1.807, 2.05) is 6.07 Å². The highest BCUT2D eigenvalue weighted by molar-refractivity contribution is 5.78. The largest absolute Gasteiger partial charge is 0.490 e. The molecule has 0 radical (unpaired) electrons. The zero-order valence-electron chi connectivity index (χ0n) is 10.7. The van der Waals surface area contributed by atoms with Crippen molar-refractivity contribution in [2.75, 3.05) is 19.6 Å². The number of carbonyl (C=O) groups excluding carboxylic acids is 1. The number of amides is 1. The Morgan fingerprint density at radius 1 is 1.47 bits per heavy atom. The first-order valence-electron chi connectivity index (χ1n) is 6.37. The zero-order chi connectivity index (χ0) is 13.7. The Bertz CT molecular complexity index is 488. The van der Waals surface area contributed by atoms with Crippen LogP contribution in [0.15, 0.2) is 24.3 Å². The molecule has 1 aromatic carbocycles. The second-order valence-electron chi connectivity index (χ2n) is 4.54. The molecule has 2 N–H and O–H groups in total. The highest BCUT2D eigenvalue weighted by Gasteiger charge is 2.23. The van der Waals surface area contributed by atoms with Gasteiger partial charge in [-0.05, 0) is 18.2 Å². The minimum Gasteiger partial charge on any atom is -0.490 e. The van der Waals surface area contributed by atoms with Crippen molar-refractivity contribution in [2.24, 2.45) is 5.73 Å². The molecule has 1 amide bonds. The molecule has 1 heterocycles. The molecule has 2 rings (SSSR count). The van der Waals surface area contributed by atoms with E-state index in [-0.39, 0.29) is 18.6 Å². The van der Waals surface area contributed by atoms with E-state index in [9.17, 15) is 4.79 Å². The fraction of sp³-hybridized carbons (Fsp3) is 0.429. The molecule has 0 atom stereocenters. The van der Waals surface area contributed by atoms with Crippen molar-refractivity contribution in [3.8, 4) is 11.8 Å². The summed E-state index contributed by atoms with van der Waals surface area (Å²) in [6.45, 7) is 1.42. The van der Waals surface area contributed by atoms with E-state index in [1.54, 1.807) is 23.1 Å². The van der Waals surface area contributed by atoms with Crippen molar-refractivity contribution in [3.05, 3.63) is 29.8 Å². The lowest BCUT2D eigenvalue weighted by Gasteiger charge is -2.32. The van der Waals surface area contributed by atoms with Crippen LogP contribution < -0.4 is 10.5 Å². The smallest absolute Gasteiger partial charge is 0.236 e. The van der Waals surface area contributed by atoms with Gasteiger partial charge in [0.15, 0.2) is 0 Å². The van der Waals surface area contributed by atoms with Crippen molar-refractivity contribution >= 4 is 5.91 Å². The Balaban J connectivity index is 1.89. The molecule has 1 saturated heterocycles. The molecule has 0 saturated carbocycles. The average Bonchev–Trinajstić information content (AvgIpc) is 2.47. The lowest BCUT2D eigenvalue weighted by atomic mass is 10.1. The highest BCUT2D eigenvalue weighted by atomic mass is 16.5. The summed E-state index contributed by atoms with van der Waals surface area (Å²) in [6, 6.07) is 9.22. The van der Waals surface area contributed by atoms with Gasteiger partial charge >= 0.3 is 0 Å². The topological polar surface area (TPSA) is 79.3 Å². The Morgan fingerprint density at radius 2 is 2.21 bits per heavy atom. The van der Waals surface area contributed by atoms with Gasteiger partial charge in [0.2, 0.25) is 5.91 Å². The van der Waals surface area contributed by atoms with E-state index in [0.29, 0.717) is 24.4 Å². The fourth-order valence-corrected chi connectivity index (χ4v) is 2.18. The molecule has 5 nitrogen and oxygen atoms in total.